The molecule has 0 aliphatic rings. The van der Waals surface area contributed by atoms with Gasteiger partial charge in [-0.05, 0) is 23.6 Å². The molecule has 0 radical (unpaired) electrons. The van der Waals surface area contributed by atoms with E-state index in [2.05, 4.69) is 10.2 Å². The van der Waals surface area contributed by atoms with Gasteiger partial charge in [-0.3, -0.25) is 0 Å². The van der Waals surface area contributed by atoms with Crippen LogP contribution in [0.15, 0.2) is 28.7 Å². The fourth-order valence-electron chi connectivity index (χ4n) is 1.53. The van der Waals surface area contributed by atoms with Crippen molar-refractivity contribution in [2.45, 2.75) is 26.3 Å². The average Bonchev–Trinajstić information content (AvgIpc) is 2.79. The quantitative estimate of drug-likeness (QED) is 0.923. The Morgan fingerprint density at radius 3 is 2.50 bits per heavy atom. The van der Waals surface area contributed by atoms with Crippen molar-refractivity contribution in [3.05, 3.63) is 46.6 Å². The lowest BCUT2D eigenvalue weighted by Gasteiger charge is -2.09. The SMILES string of the molecule is CC(C)C(N)c1nnc(Cc2ccc(Cl)cc2)o1. The van der Waals surface area contributed by atoms with E-state index in [1.807, 2.05) is 38.1 Å². The van der Waals surface area contributed by atoms with E-state index in [1.54, 1.807) is 0 Å². The second-order valence-electron chi connectivity index (χ2n) is 4.61. The van der Waals surface area contributed by atoms with Gasteiger partial charge in [0, 0.05) is 5.02 Å². The normalized spacial score (nSPS) is 12.9. The van der Waals surface area contributed by atoms with Crippen molar-refractivity contribution in [3.8, 4) is 0 Å². The van der Waals surface area contributed by atoms with E-state index in [0.717, 1.165) is 5.56 Å². The van der Waals surface area contributed by atoms with E-state index >= 15 is 0 Å². The lowest BCUT2D eigenvalue weighted by atomic mass is 10.1. The maximum Gasteiger partial charge on any atom is 0.233 e. The van der Waals surface area contributed by atoms with Crippen molar-refractivity contribution in [1.29, 1.82) is 0 Å². The van der Waals surface area contributed by atoms with Gasteiger partial charge in [-0.15, -0.1) is 10.2 Å². The molecule has 2 aromatic rings. The molecule has 0 spiro atoms. The minimum absolute atomic E-state index is 0.212. The Kier molecular flexibility index (Phi) is 3.99. The smallest absolute Gasteiger partial charge is 0.233 e. The van der Waals surface area contributed by atoms with Crippen LogP contribution in [0.2, 0.25) is 5.02 Å². The Labute approximate surface area is 111 Å². The largest absolute Gasteiger partial charge is 0.423 e. The predicted octanol–water partition coefficient (Wildman–Crippen LogP) is 2.97. The van der Waals surface area contributed by atoms with Gasteiger partial charge in [0.1, 0.15) is 0 Å². The average molecular weight is 266 g/mol. The van der Waals surface area contributed by atoms with Gasteiger partial charge >= 0.3 is 0 Å². The molecule has 0 bridgehead atoms. The van der Waals surface area contributed by atoms with Crippen LogP contribution in [-0.4, -0.2) is 10.2 Å². The summed E-state index contributed by atoms with van der Waals surface area (Å²) in [6.45, 7) is 4.04. The summed E-state index contributed by atoms with van der Waals surface area (Å²) in [5.41, 5.74) is 7.03. The number of nitrogens with two attached hydrogens (primary N) is 1. The summed E-state index contributed by atoms with van der Waals surface area (Å²) >= 11 is 5.83. The van der Waals surface area contributed by atoms with Crippen LogP contribution < -0.4 is 5.73 Å². The summed E-state index contributed by atoms with van der Waals surface area (Å²) in [4.78, 5) is 0. The Hall–Kier alpha value is -1.39. The molecule has 1 atom stereocenters. The summed E-state index contributed by atoms with van der Waals surface area (Å²) in [7, 11) is 0. The molecule has 0 saturated heterocycles. The van der Waals surface area contributed by atoms with Crippen LogP contribution in [0.5, 0.6) is 0 Å². The number of rotatable bonds is 4. The van der Waals surface area contributed by atoms with Gasteiger partial charge in [-0.2, -0.15) is 0 Å². The molecule has 2 N–H and O–H groups in total. The highest BCUT2D eigenvalue weighted by Gasteiger charge is 2.17. The number of aromatic nitrogens is 2. The van der Waals surface area contributed by atoms with Gasteiger partial charge in [0.15, 0.2) is 0 Å². The standard InChI is InChI=1S/C13H16ClN3O/c1-8(2)12(15)13-17-16-11(18-13)7-9-3-5-10(14)6-4-9/h3-6,8,12H,7,15H2,1-2H3. The zero-order valence-corrected chi connectivity index (χ0v) is 11.2. The van der Waals surface area contributed by atoms with Gasteiger partial charge in [-0.25, -0.2) is 0 Å². The summed E-state index contributed by atoms with van der Waals surface area (Å²) in [5, 5.41) is 8.71. The first-order valence-corrected chi connectivity index (χ1v) is 6.26. The molecule has 0 amide bonds. The lowest BCUT2D eigenvalue weighted by molar-refractivity contribution is 0.374. The van der Waals surface area contributed by atoms with E-state index in [0.29, 0.717) is 23.2 Å². The third-order valence-corrected chi connectivity index (χ3v) is 3.01. The molecule has 18 heavy (non-hydrogen) atoms. The van der Waals surface area contributed by atoms with Gasteiger partial charge < -0.3 is 10.2 Å². The van der Waals surface area contributed by atoms with Crippen LogP contribution in [0.3, 0.4) is 0 Å². The second-order valence-corrected chi connectivity index (χ2v) is 5.04. The highest BCUT2D eigenvalue weighted by Crippen LogP contribution is 2.19. The molecular weight excluding hydrogens is 250 g/mol. The highest BCUT2D eigenvalue weighted by atomic mass is 35.5. The summed E-state index contributed by atoms with van der Waals surface area (Å²) in [6.07, 6.45) is 0.592. The van der Waals surface area contributed by atoms with Crippen LogP contribution in [-0.2, 0) is 6.42 Å². The minimum Gasteiger partial charge on any atom is -0.423 e. The van der Waals surface area contributed by atoms with Crippen molar-refractivity contribution in [1.82, 2.24) is 10.2 Å². The maximum absolute atomic E-state index is 5.95. The van der Waals surface area contributed by atoms with Crippen molar-refractivity contribution in [2.24, 2.45) is 11.7 Å². The Bertz CT molecular complexity index is 507. The van der Waals surface area contributed by atoms with E-state index in [1.165, 1.54) is 0 Å². The van der Waals surface area contributed by atoms with Gasteiger partial charge in [0.25, 0.3) is 0 Å². The van der Waals surface area contributed by atoms with E-state index in [4.69, 9.17) is 21.8 Å². The first-order chi connectivity index (χ1) is 8.56. The van der Waals surface area contributed by atoms with E-state index < -0.39 is 0 Å². The number of halogens is 1. The van der Waals surface area contributed by atoms with Crippen LogP contribution in [0.1, 0.15) is 37.2 Å². The molecular formula is C13H16ClN3O. The lowest BCUT2D eigenvalue weighted by Crippen LogP contribution is -2.16. The number of nitrogens with zero attached hydrogens (tertiary/aromatic N) is 2. The topological polar surface area (TPSA) is 64.9 Å². The third kappa shape index (κ3) is 3.09. The Morgan fingerprint density at radius 1 is 1.22 bits per heavy atom. The van der Waals surface area contributed by atoms with Gasteiger partial charge in [0.05, 0.1) is 12.5 Å². The zero-order chi connectivity index (χ0) is 13.1. The predicted molar refractivity (Wildman–Crippen MR) is 70.3 cm³/mol. The summed E-state index contributed by atoms with van der Waals surface area (Å²) in [5.74, 6) is 1.34. The Balaban J connectivity index is 2.09. The highest BCUT2D eigenvalue weighted by molar-refractivity contribution is 6.30. The minimum atomic E-state index is -0.212. The van der Waals surface area contributed by atoms with Gasteiger partial charge in [0.2, 0.25) is 11.8 Å². The van der Waals surface area contributed by atoms with E-state index in [-0.39, 0.29) is 12.0 Å². The zero-order valence-electron chi connectivity index (χ0n) is 10.4. The molecule has 1 unspecified atom stereocenters. The molecule has 96 valence electrons. The molecule has 0 saturated carbocycles. The molecule has 5 heteroatoms. The summed E-state index contributed by atoms with van der Waals surface area (Å²) in [6, 6.07) is 7.35. The molecule has 4 nitrogen and oxygen atoms in total. The van der Waals surface area contributed by atoms with Crippen molar-refractivity contribution >= 4 is 11.6 Å². The number of hydrogen-bond acceptors (Lipinski definition) is 4. The van der Waals surface area contributed by atoms with Crippen molar-refractivity contribution in [3.63, 3.8) is 0 Å². The second kappa shape index (κ2) is 5.50. The third-order valence-electron chi connectivity index (χ3n) is 2.75. The monoisotopic (exact) mass is 265 g/mol. The van der Waals surface area contributed by atoms with Crippen LogP contribution in [0.25, 0.3) is 0 Å². The first-order valence-electron chi connectivity index (χ1n) is 5.88. The van der Waals surface area contributed by atoms with Crippen LogP contribution >= 0.6 is 11.6 Å². The van der Waals surface area contributed by atoms with Gasteiger partial charge in [-0.1, -0.05) is 37.6 Å². The first kappa shape index (κ1) is 13.1. The number of hydrogen-bond donors (Lipinski definition) is 1. The number of benzene rings is 1. The fraction of sp³-hybridized carbons (Fsp3) is 0.385. The van der Waals surface area contributed by atoms with Crippen LogP contribution in [0.4, 0.5) is 0 Å². The molecule has 0 fully saturated rings. The molecule has 2 rings (SSSR count). The fourth-order valence-corrected chi connectivity index (χ4v) is 1.66. The van der Waals surface area contributed by atoms with Crippen LogP contribution in [0, 0.1) is 5.92 Å². The molecule has 0 aliphatic carbocycles. The molecule has 1 aromatic carbocycles. The Morgan fingerprint density at radius 2 is 1.89 bits per heavy atom. The maximum atomic E-state index is 5.95. The van der Waals surface area contributed by atoms with E-state index in [9.17, 15) is 0 Å². The molecule has 1 heterocycles. The van der Waals surface area contributed by atoms with Crippen molar-refractivity contribution < 1.29 is 4.42 Å². The summed E-state index contributed by atoms with van der Waals surface area (Å²) < 4.78 is 5.56. The molecule has 1 aromatic heterocycles. The molecule has 0 aliphatic heterocycles. The van der Waals surface area contributed by atoms with Crippen molar-refractivity contribution in [2.75, 3.05) is 0 Å².